The smallest absolute Gasteiger partial charge is 0.259 e. The Morgan fingerprint density at radius 2 is 1.78 bits per heavy atom. The molecule has 4 nitrogen and oxygen atoms in total. The van der Waals surface area contributed by atoms with Gasteiger partial charge in [0.15, 0.2) is 10.8 Å². The van der Waals surface area contributed by atoms with Crippen LogP contribution >= 0.6 is 12.2 Å². The number of rotatable bonds is 2. The van der Waals surface area contributed by atoms with Crippen LogP contribution in [0.4, 0.5) is 21.5 Å². The molecule has 27 heavy (non-hydrogen) atoms. The number of nitrogens with zero attached hydrogens (tertiary/aromatic N) is 3. The fourth-order valence-electron chi connectivity index (χ4n) is 3.26. The van der Waals surface area contributed by atoms with Gasteiger partial charge in [0.05, 0.1) is 12.3 Å². The Morgan fingerprint density at radius 3 is 2.37 bits per heavy atom. The maximum atomic E-state index is 14.9. The van der Waals surface area contributed by atoms with Crippen molar-refractivity contribution in [2.45, 2.75) is 40.2 Å². The first-order chi connectivity index (χ1) is 12.6. The molecular weight excluding hydrogens is 361 g/mol. The van der Waals surface area contributed by atoms with Crippen molar-refractivity contribution in [2.24, 2.45) is 0 Å². The highest BCUT2D eigenvalue weighted by molar-refractivity contribution is 7.81. The largest absolute Gasteiger partial charge is 0.304 e. The number of anilines is 2. The van der Waals surface area contributed by atoms with Crippen LogP contribution < -0.4 is 9.80 Å². The predicted octanol–water partition coefficient (Wildman–Crippen LogP) is 5.22. The monoisotopic (exact) mass is 381 g/mol. The van der Waals surface area contributed by atoms with Crippen LogP contribution in [0.2, 0.25) is 0 Å². The van der Waals surface area contributed by atoms with Gasteiger partial charge in [0.2, 0.25) is 0 Å². The zero-order chi connectivity index (χ0) is 20.1. The molecule has 1 saturated heterocycles. The lowest BCUT2D eigenvalue weighted by Gasteiger charge is -2.30. The molecule has 1 heterocycles. The molecule has 0 aromatic heterocycles. The highest BCUT2D eigenvalue weighted by atomic mass is 32.1. The van der Waals surface area contributed by atoms with Crippen molar-refractivity contribution in [2.75, 3.05) is 9.80 Å². The van der Waals surface area contributed by atoms with Gasteiger partial charge in [-0.25, -0.2) is 9.24 Å². The van der Waals surface area contributed by atoms with Crippen LogP contribution in [0.3, 0.4) is 0 Å². The number of thiocarbonyl (C=S) groups is 1. The third-order valence-corrected chi connectivity index (χ3v) is 5.48. The molecule has 138 valence electrons. The first kappa shape index (κ1) is 19.0. The van der Waals surface area contributed by atoms with E-state index in [1.165, 1.54) is 24.0 Å². The number of aryl methyl sites for hydroxylation is 2. The Kier molecular flexibility index (Phi) is 4.52. The fourth-order valence-corrected chi connectivity index (χ4v) is 3.77. The van der Waals surface area contributed by atoms with Crippen LogP contribution in [-0.2, 0) is 4.79 Å². The zero-order valence-electron chi connectivity index (χ0n) is 15.9. The van der Waals surface area contributed by atoms with Gasteiger partial charge in [0, 0.05) is 5.69 Å². The Hall–Kier alpha value is -2.78. The molecule has 0 unspecified atom stereocenters. The van der Waals surface area contributed by atoms with E-state index >= 15 is 0 Å². The Labute approximate surface area is 164 Å². The summed E-state index contributed by atoms with van der Waals surface area (Å²) in [6, 6.07) is 8.83. The maximum absolute atomic E-state index is 14.9. The minimum absolute atomic E-state index is 0.0781. The minimum Gasteiger partial charge on any atom is -0.304 e. The second kappa shape index (κ2) is 6.43. The van der Waals surface area contributed by atoms with Crippen molar-refractivity contribution in [3.8, 4) is 0 Å². The van der Waals surface area contributed by atoms with E-state index in [1.54, 1.807) is 18.7 Å². The van der Waals surface area contributed by atoms with Crippen LogP contribution in [-0.4, -0.2) is 16.6 Å². The molecule has 1 fully saturated rings. The summed E-state index contributed by atoms with van der Waals surface area (Å²) in [6.07, 6.45) is 0. The van der Waals surface area contributed by atoms with E-state index in [-0.39, 0.29) is 28.0 Å². The minimum atomic E-state index is -0.961. The van der Waals surface area contributed by atoms with Gasteiger partial charge in [-0.1, -0.05) is 12.1 Å². The molecule has 3 rings (SSSR count). The Morgan fingerprint density at radius 1 is 1.11 bits per heavy atom. The van der Waals surface area contributed by atoms with E-state index in [0.29, 0.717) is 0 Å². The van der Waals surface area contributed by atoms with Crippen molar-refractivity contribution >= 4 is 40.3 Å². The van der Waals surface area contributed by atoms with Gasteiger partial charge in [-0.05, 0) is 81.7 Å². The molecule has 1 aliphatic heterocycles. The van der Waals surface area contributed by atoms with Crippen molar-refractivity contribution in [1.82, 2.24) is 0 Å². The van der Waals surface area contributed by atoms with Crippen LogP contribution in [0, 0.1) is 33.2 Å². The first-order valence-corrected chi connectivity index (χ1v) is 8.94. The van der Waals surface area contributed by atoms with E-state index in [9.17, 15) is 9.18 Å². The third kappa shape index (κ3) is 2.79. The van der Waals surface area contributed by atoms with E-state index in [2.05, 4.69) is 4.85 Å². The molecule has 0 N–H and O–H groups in total. The second-order valence-corrected chi connectivity index (χ2v) is 7.61. The Bertz CT molecular complexity index is 1020. The topological polar surface area (TPSA) is 27.9 Å². The van der Waals surface area contributed by atoms with Crippen molar-refractivity contribution in [3.05, 3.63) is 64.3 Å². The van der Waals surface area contributed by atoms with Gasteiger partial charge < -0.3 is 4.90 Å². The predicted molar refractivity (Wildman–Crippen MR) is 110 cm³/mol. The summed E-state index contributed by atoms with van der Waals surface area (Å²) in [6.45, 7) is 16.2. The lowest BCUT2D eigenvalue weighted by atomic mass is 10.0. The van der Waals surface area contributed by atoms with Crippen molar-refractivity contribution in [1.29, 1.82) is 0 Å². The summed E-state index contributed by atoms with van der Waals surface area (Å²) in [5, 5.41) is 0.224. The van der Waals surface area contributed by atoms with Crippen LogP contribution in [0.15, 0.2) is 30.3 Å². The van der Waals surface area contributed by atoms with E-state index < -0.39 is 11.4 Å². The second-order valence-electron chi connectivity index (χ2n) is 7.24. The molecule has 0 spiro atoms. The summed E-state index contributed by atoms with van der Waals surface area (Å²) in [5.74, 6) is -0.906. The molecule has 1 amide bonds. The summed E-state index contributed by atoms with van der Waals surface area (Å²) >= 11 is 5.60. The quantitative estimate of drug-likeness (QED) is 0.527. The highest BCUT2D eigenvalue weighted by Gasteiger charge is 2.51. The number of carbonyl (C=O) groups excluding carboxylic acids is 1. The lowest BCUT2D eigenvalue weighted by Crippen LogP contribution is -2.44. The number of hydrogen-bond acceptors (Lipinski definition) is 2. The first-order valence-electron chi connectivity index (χ1n) is 8.53. The summed E-state index contributed by atoms with van der Waals surface area (Å²) in [7, 11) is 0. The van der Waals surface area contributed by atoms with Crippen molar-refractivity contribution in [3.63, 3.8) is 0 Å². The number of halogens is 1. The van der Waals surface area contributed by atoms with Crippen molar-refractivity contribution < 1.29 is 9.18 Å². The summed E-state index contributed by atoms with van der Waals surface area (Å²) in [4.78, 5) is 19.5. The molecule has 2 aromatic rings. The van der Waals surface area contributed by atoms with Gasteiger partial charge in [0.25, 0.3) is 5.91 Å². The average Bonchev–Trinajstić information content (AvgIpc) is 2.78. The molecule has 0 bridgehead atoms. The Balaban J connectivity index is 2.14. The SMILES string of the molecule is [C-]#[N+]c1ccc(N2C(=O)C(C)(C)N(c3ccc(C)c(C)c3)C2=S)c(F)c1C. The van der Waals surface area contributed by atoms with Crippen LogP contribution in [0.25, 0.3) is 4.85 Å². The molecular formula is C21H20FN3OS. The molecule has 6 heteroatoms. The number of amides is 1. The molecule has 1 aliphatic rings. The fraction of sp³-hybridized carbons (Fsp3) is 0.286. The number of carbonyl (C=O) groups is 1. The summed E-state index contributed by atoms with van der Waals surface area (Å²) < 4.78 is 14.9. The van der Waals surface area contributed by atoms with E-state index in [4.69, 9.17) is 18.8 Å². The van der Waals surface area contributed by atoms with Gasteiger partial charge in [-0.2, -0.15) is 0 Å². The number of benzene rings is 2. The van der Waals surface area contributed by atoms with Crippen LogP contribution in [0.1, 0.15) is 30.5 Å². The maximum Gasteiger partial charge on any atom is 0.259 e. The van der Waals surface area contributed by atoms with Gasteiger partial charge in [-0.3, -0.25) is 9.69 Å². The third-order valence-electron chi connectivity index (χ3n) is 5.12. The molecule has 2 aromatic carbocycles. The lowest BCUT2D eigenvalue weighted by molar-refractivity contribution is -0.120. The van der Waals surface area contributed by atoms with Gasteiger partial charge in [0.1, 0.15) is 11.4 Å². The standard InChI is InChI=1S/C21H20FN3OS/c1-12-7-8-15(11-13(12)2)25-20(27)24(19(26)21(25,4)5)17-10-9-16(23-6)14(3)18(17)22/h7-11H,1-5H3. The summed E-state index contributed by atoms with van der Waals surface area (Å²) in [5.41, 5.74) is 2.56. The van der Waals surface area contributed by atoms with E-state index in [1.807, 2.05) is 32.0 Å². The zero-order valence-corrected chi connectivity index (χ0v) is 16.7. The normalized spacial score (nSPS) is 16.0. The van der Waals surface area contributed by atoms with E-state index in [0.717, 1.165) is 16.8 Å². The average molecular weight is 381 g/mol. The molecule has 0 atom stereocenters. The molecule has 0 radical (unpaired) electrons. The molecule has 0 saturated carbocycles. The van der Waals surface area contributed by atoms with Gasteiger partial charge in [-0.15, -0.1) is 0 Å². The van der Waals surface area contributed by atoms with Crippen LogP contribution in [0.5, 0.6) is 0 Å². The molecule has 0 aliphatic carbocycles. The number of hydrogen-bond donors (Lipinski definition) is 0. The highest BCUT2D eigenvalue weighted by Crippen LogP contribution is 2.39. The van der Waals surface area contributed by atoms with Gasteiger partial charge >= 0.3 is 0 Å².